The first kappa shape index (κ1) is 20.9. The lowest BCUT2D eigenvalue weighted by atomic mass is 10.1. The summed E-state index contributed by atoms with van der Waals surface area (Å²) in [5.41, 5.74) is -1.68. The number of nitrogens with two attached hydrogens (primary N) is 1. The molecule has 0 radical (unpaired) electrons. The smallest absolute Gasteiger partial charge is 0.279 e. The summed E-state index contributed by atoms with van der Waals surface area (Å²) in [5.74, 6) is -1.26. The Labute approximate surface area is 152 Å². The molecule has 0 saturated heterocycles. The van der Waals surface area contributed by atoms with Crippen molar-refractivity contribution in [3.8, 4) is 0 Å². The number of primary sulfonamides is 1. The molecule has 0 aliphatic rings. The number of nitrogens with one attached hydrogen (secondary N) is 1. The van der Waals surface area contributed by atoms with Gasteiger partial charge in [-0.15, -0.1) is 0 Å². The van der Waals surface area contributed by atoms with Gasteiger partial charge in [-0.05, 0) is 35.9 Å². The van der Waals surface area contributed by atoms with Crippen molar-refractivity contribution in [1.82, 2.24) is 0 Å². The third kappa shape index (κ3) is 5.52. The van der Waals surface area contributed by atoms with Gasteiger partial charge in [0.25, 0.3) is 10.0 Å². The Kier molecular flexibility index (Phi) is 5.63. The topological polar surface area (TPSA) is 106 Å². The van der Waals surface area contributed by atoms with E-state index in [0.717, 1.165) is 42.5 Å². The zero-order valence-corrected chi connectivity index (χ0v) is 14.9. The molecule has 0 fully saturated rings. The number of hydrogen-bond acceptors (Lipinski definition) is 4. The lowest BCUT2D eigenvalue weighted by Gasteiger charge is -2.10. The Morgan fingerprint density at radius 1 is 1.00 bits per heavy atom. The first-order valence-corrected chi connectivity index (χ1v) is 10.1. The molecule has 0 unspecified atom stereocenters. The molecule has 12 heteroatoms. The quantitative estimate of drug-likeness (QED) is 0.720. The van der Waals surface area contributed by atoms with Crippen LogP contribution in [0.1, 0.15) is 11.1 Å². The van der Waals surface area contributed by atoms with Crippen molar-refractivity contribution in [3.63, 3.8) is 0 Å². The molecule has 27 heavy (non-hydrogen) atoms. The van der Waals surface area contributed by atoms with E-state index in [-0.39, 0.29) is 5.56 Å². The van der Waals surface area contributed by atoms with Gasteiger partial charge >= 0.3 is 6.18 Å². The van der Waals surface area contributed by atoms with E-state index in [1.165, 1.54) is 6.07 Å². The summed E-state index contributed by atoms with van der Waals surface area (Å²) in [6.07, 6.45) is -3.74. The Bertz CT molecular complexity index is 1100. The second kappa shape index (κ2) is 7.29. The minimum atomic E-state index is -4.60. The van der Waals surface area contributed by atoms with Crippen LogP contribution in [0.3, 0.4) is 0 Å². The van der Waals surface area contributed by atoms with Gasteiger partial charge in [-0.3, -0.25) is 4.72 Å². The van der Waals surface area contributed by atoms with Crippen LogP contribution in [0.5, 0.6) is 0 Å². The molecule has 146 valence electrons. The van der Waals surface area contributed by atoms with Crippen LogP contribution in [0.15, 0.2) is 52.8 Å². The third-order valence-corrected chi connectivity index (χ3v) is 5.14. The van der Waals surface area contributed by atoms with E-state index in [1.54, 1.807) is 0 Å². The molecule has 0 aliphatic heterocycles. The highest BCUT2D eigenvalue weighted by atomic mass is 32.2. The molecule has 3 N–H and O–H groups in total. The molecular weight excluding hydrogens is 412 g/mol. The first-order chi connectivity index (χ1) is 12.3. The van der Waals surface area contributed by atoms with Crippen LogP contribution in [0.4, 0.5) is 23.2 Å². The standard InChI is InChI=1S/C15H12F4N2O4S2/c16-12-5-2-6-13(14(12)27(20,24)25)21-26(22,23)8-7-10-3-1-4-11(9-10)15(17,18)19/h1-9,21H,(H2,20,24,25)/b8-7+. The van der Waals surface area contributed by atoms with Crippen LogP contribution in [0.2, 0.25) is 0 Å². The van der Waals surface area contributed by atoms with E-state index < -0.39 is 48.2 Å². The minimum Gasteiger partial charge on any atom is -0.279 e. The fourth-order valence-corrected chi connectivity index (χ4v) is 3.76. The molecule has 0 atom stereocenters. The lowest BCUT2D eigenvalue weighted by Crippen LogP contribution is -2.19. The molecule has 6 nitrogen and oxygen atoms in total. The van der Waals surface area contributed by atoms with Crippen molar-refractivity contribution in [2.45, 2.75) is 11.1 Å². The largest absolute Gasteiger partial charge is 0.416 e. The molecule has 0 bridgehead atoms. The summed E-state index contributed by atoms with van der Waals surface area (Å²) in [4.78, 5) is -1.05. The average Bonchev–Trinajstić information content (AvgIpc) is 2.51. The summed E-state index contributed by atoms with van der Waals surface area (Å²) in [5, 5.41) is 5.39. The third-order valence-electron chi connectivity index (χ3n) is 3.16. The van der Waals surface area contributed by atoms with Crippen LogP contribution in [-0.4, -0.2) is 16.8 Å². The summed E-state index contributed by atoms with van der Waals surface area (Å²) in [7, 11) is -8.96. The highest BCUT2D eigenvalue weighted by Gasteiger charge is 2.30. The maximum Gasteiger partial charge on any atom is 0.416 e. The number of anilines is 1. The van der Waals surface area contributed by atoms with Gasteiger partial charge in [-0.1, -0.05) is 18.2 Å². The molecule has 0 spiro atoms. The van der Waals surface area contributed by atoms with Crippen molar-refractivity contribution in [2.24, 2.45) is 5.14 Å². The van der Waals surface area contributed by atoms with Gasteiger partial charge in [0.15, 0.2) is 0 Å². The predicted octanol–water partition coefficient (Wildman–Crippen LogP) is 2.90. The predicted molar refractivity (Wildman–Crippen MR) is 90.8 cm³/mol. The highest BCUT2D eigenvalue weighted by Crippen LogP contribution is 2.30. The van der Waals surface area contributed by atoms with E-state index in [1.807, 2.05) is 4.72 Å². The van der Waals surface area contributed by atoms with Crippen molar-refractivity contribution < 1.29 is 34.4 Å². The Balaban J connectivity index is 2.35. The molecular formula is C15H12F4N2O4S2. The molecule has 2 aromatic rings. The summed E-state index contributed by atoms with van der Waals surface area (Å²) >= 11 is 0. The highest BCUT2D eigenvalue weighted by molar-refractivity contribution is 7.95. The fraction of sp³-hybridized carbons (Fsp3) is 0.0667. The fourth-order valence-electron chi connectivity index (χ4n) is 2.05. The van der Waals surface area contributed by atoms with Crippen molar-refractivity contribution in [3.05, 3.63) is 64.8 Å². The number of rotatable bonds is 5. The number of sulfonamides is 2. The zero-order chi connectivity index (χ0) is 20.5. The van der Waals surface area contributed by atoms with Gasteiger partial charge in [0.05, 0.1) is 16.7 Å². The van der Waals surface area contributed by atoms with Gasteiger partial charge in [-0.2, -0.15) is 13.2 Å². The first-order valence-electron chi connectivity index (χ1n) is 6.99. The number of hydrogen-bond donors (Lipinski definition) is 2. The molecule has 0 aromatic heterocycles. The maximum absolute atomic E-state index is 13.7. The minimum absolute atomic E-state index is 0.0684. The van der Waals surface area contributed by atoms with Crippen molar-refractivity contribution in [1.29, 1.82) is 0 Å². The summed E-state index contributed by atoms with van der Waals surface area (Å²) in [6.45, 7) is 0. The maximum atomic E-state index is 13.7. The molecule has 0 heterocycles. The van der Waals surface area contributed by atoms with E-state index >= 15 is 0 Å². The van der Waals surface area contributed by atoms with Crippen LogP contribution in [0.25, 0.3) is 6.08 Å². The van der Waals surface area contributed by atoms with Gasteiger partial charge < -0.3 is 0 Å². The molecule has 0 saturated carbocycles. The van der Waals surface area contributed by atoms with Crippen LogP contribution < -0.4 is 9.86 Å². The number of halogens is 4. The molecule has 0 aliphatic carbocycles. The summed E-state index contributed by atoms with van der Waals surface area (Å²) < 4.78 is 101. The zero-order valence-electron chi connectivity index (χ0n) is 13.2. The number of alkyl halides is 3. The second-order valence-electron chi connectivity index (χ2n) is 5.23. The van der Waals surface area contributed by atoms with E-state index in [4.69, 9.17) is 5.14 Å². The van der Waals surface area contributed by atoms with E-state index in [9.17, 15) is 34.4 Å². The molecule has 2 rings (SSSR count). The van der Waals surface area contributed by atoms with Crippen molar-refractivity contribution >= 4 is 31.8 Å². The van der Waals surface area contributed by atoms with Crippen LogP contribution in [-0.2, 0) is 26.2 Å². The van der Waals surface area contributed by atoms with Crippen molar-refractivity contribution in [2.75, 3.05) is 4.72 Å². The van der Waals surface area contributed by atoms with Gasteiger partial charge in [0.2, 0.25) is 10.0 Å². The lowest BCUT2D eigenvalue weighted by molar-refractivity contribution is -0.137. The monoisotopic (exact) mass is 424 g/mol. The second-order valence-corrected chi connectivity index (χ2v) is 8.30. The van der Waals surface area contributed by atoms with Crippen LogP contribution >= 0.6 is 0 Å². The molecule has 2 aromatic carbocycles. The van der Waals surface area contributed by atoms with Gasteiger partial charge in [-0.25, -0.2) is 26.4 Å². The Morgan fingerprint density at radius 3 is 2.22 bits per heavy atom. The van der Waals surface area contributed by atoms with Gasteiger partial charge in [0, 0.05) is 0 Å². The van der Waals surface area contributed by atoms with E-state index in [2.05, 4.69) is 0 Å². The summed E-state index contributed by atoms with van der Waals surface area (Å²) in [6, 6.07) is 6.67. The van der Waals surface area contributed by atoms with Crippen LogP contribution in [0, 0.1) is 5.82 Å². The van der Waals surface area contributed by atoms with Gasteiger partial charge in [0.1, 0.15) is 10.7 Å². The Morgan fingerprint density at radius 2 is 1.63 bits per heavy atom. The Hall–Kier alpha value is -2.44. The van der Waals surface area contributed by atoms with E-state index in [0.29, 0.717) is 5.41 Å². The average molecular weight is 424 g/mol. The number of benzene rings is 2. The SMILES string of the molecule is NS(=O)(=O)c1c(F)cccc1NS(=O)(=O)/C=C/c1cccc(C(F)(F)F)c1. The normalized spacial score (nSPS) is 13.1. The molecule has 0 amide bonds.